The predicted octanol–water partition coefficient (Wildman–Crippen LogP) is 3.36. The van der Waals surface area contributed by atoms with Crippen molar-refractivity contribution in [1.82, 2.24) is 4.90 Å². The molecule has 2 atom stereocenters. The number of hydrogen-bond donors (Lipinski definition) is 1. The van der Waals surface area contributed by atoms with E-state index in [0.29, 0.717) is 5.56 Å². The third-order valence-electron chi connectivity index (χ3n) is 4.28. The van der Waals surface area contributed by atoms with Gasteiger partial charge >= 0.3 is 0 Å². The van der Waals surface area contributed by atoms with E-state index in [1.165, 1.54) is 23.1 Å². The Kier molecular flexibility index (Phi) is 4.32. The van der Waals surface area contributed by atoms with E-state index < -0.39 is 35.5 Å². The third-order valence-corrected chi connectivity index (χ3v) is 4.28. The van der Waals surface area contributed by atoms with Crippen LogP contribution in [0.15, 0.2) is 36.4 Å². The first-order valence-corrected chi connectivity index (χ1v) is 7.57. The zero-order valence-corrected chi connectivity index (χ0v) is 13.0. The first-order chi connectivity index (χ1) is 11.4. The summed E-state index contributed by atoms with van der Waals surface area (Å²) >= 11 is 0. The van der Waals surface area contributed by atoms with E-state index in [2.05, 4.69) is 0 Å². The fraction of sp³-hybridized carbons (Fsp3) is 0.278. The van der Waals surface area contributed by atoms with Crippen molar-refractivity contribution in [3.63, 3.8) is 0 Å². The lowest BCUT2D eigenvalue weighted by Crippen LogP contribution is -2.32. The second-order valence-corrected chi connectivity index (χ2v) is 5.99. The van der Waals surface area contributed by atoms with E-state index in [1.54, 1.807) is 6.92 Å². The Bertz CT molecular complexity index is 794. The van der Waals surface area contributed by atoms with E-state index in [4.69, 9.17) is 0 Å². The zero-order chi connectivity index (χ0) is 17.4. The average molecular weight is 335 g/mol. The Hall–Kier alpha value is -2.34. The molecule has 2 aromatic rings. The Balaban J connectivity index is 1.98. The van der Waals surface area contributed by atoms with Crippen molar-refractivity contribution in [2.75, 3.05) is 6.54 Å². The molecular formula is C18H16F3NO2. The number of rotatable bonds is 2. The predicted molar refractivity (Wildman–Crippen MR) is 81.9 cm³/mol. The molecule has 6 heteroatoms. The largest absolute Gasteiger partial charge is 0.391 e. The standard InChI is InChI=1S/C18H16F3NO2/c1-10-6-11(19)2-4-14(10)18(24)22-9-13(23)8-17(22)15-7-12(20)3-5-16(15)21/h2-7,13,17,23H,8-9H2,1H3. The van der Waals surface area contributed by atoms with Crippen molar-refractivity contribution in [2.24, 2.45) is 0 Å². The van der Waals surface area contributed by atoms with Crippen LogP contribution in [-0.2, 0) is 0 Å². The lowest BCUT2D eigenvalue weighted by atomic mass is 10.0. The summed E-state index contributed by atoms with van der Waals surface area (Å²) in [4.78, 5) is 14.1. The van der Waals surface area contributed by atoms with Crippen LogP contribution in [0.25, 0.3) is 0 Å². The molecule has 2 aromatic carbocycles. The molecule has 0 spiro atoms. The fourth-order valence-electron chi connectivity index (χ4n) is 3.12. The number of β-amino-alcohol motifs (C(OH)–C–C–N with tert-alkyl or cyclic N) is 1. The molecule has 3 nitrogen and oxygen atoms in total. The second-order valence-electron chi connectivity index (χ2n) is 5.99. The Morgan fingerprint density at radius 2 is 1.79 bits per heavy atom. The highest BCUT2D eigenvalue weighted by atomic mass is 19.1. The average Bonchev–Trinajstić information content (AvgIpc) is 2.91. The van der Waals surface area contributed by atoms with Gasteiger partial charge in [-0.15, -0.1) is 0 Å². The van der Waals surface area contributed by atoms with Gasteiger partial charge in [-0.2, -0.15) is 0 Å². The molecule has 0 aliphatic carbocycles. The van der Waals surface area contributed by atoms with Gasteiger partial charge in [-0.05, 0) is 55.3 Å². The quantitative estimate of drug-likeness (QED) is 0.914. The molecule has 3 rings (SSSR count). The summed E-state index contributed by atoms with van der Waals surface area (Å²) in [6.07, 6.45) is -0.714. The van der Waals surface area contributed by atoms with Gasteiger partial charge in [0.05, 0.1) is 12.1 Å². The molecule has 0 aromatic heterocycles. The second kappa shape index (κ2) is 6.28. The zero-order valence-electron chi connectivity index (χ0n) is 13.0. The summed E-state index contributed by atoms with van der Waals surface area (Å²) in [6.45, 7) is 1.61. The van der Waals surface area contributed by atoms with Gasteiger partial charge in [-0.25, -0.2) is 13.2 Å². The number of aliphatic hydroxyl groups is 1. The molecule has 1 fully saturated rings. The number of halogens is 3. The van der Waals surface area contributed by atoms with Crippen molar-refractivity contribution in [1.29, 1.82) is 0 Å². The minimum atomic E-state index is -0.831. The Morgan fingerprint density at radius 1 is 1.12 bits per heavy atom. The van der Waals surface area contributed by atoms with Gasteiger partial charge in [0.25, 0.3) is 5.91 Å². The molecule has 1 heterocycles. The maximum atomic E-state index is 14.1. The van der Waals surface area contributed by atoms with Crippen molar-refractivity contribution < 1.29 is 23.1 Å². The van der Waals surface area contributed by atoms with E-state index in [-0.39, 0.29) is 24.1 Å². The summed E-state index contributed by atoms with van der Waals surface area (Å²) in [5, 5.41) is 9.93. The lowest BCUT2D eigenvalue weighted by Gasteiger charge is -2.26. The molecule has 1 amide bonds. The molecule has 0 saturated carbocycles. The van der Waals surface area contributed by atoms with Crippen LogP contribution in [0.1, 0.15) is 33.9 Å². The number of nitrogens with zero attached hydrogens (tertiary/aromatic N) is 1. The van der Waals surface area contributed by atoms with Gasteiger partial charge in [-0.3, -0.25) is 4.79 Å². The van der Waals surface area contributed by atoms with Gasteiger partial charge in [0.2, 0.25) is 0 Å². The molecule has 1 saturated heterocycles. The van der Waals surface area contributed by atoms with Crippen molar-refractivity contribution >= 4 is 5.91 Å². The number of benzene rings is 2. The van der Waals surface area contributed by atoms with Crippen LogP contribution < -0.4 is 0 Å². The third kappa shape index (κ3) is 3.01. The SMILES string of the molecule is Cc1cc(F)ccc1C(=O)N1CC(O)CC1c1cc(F)ccc1F. The number of aryl methyl sites for hydroxylation is 1. The van der Waals surface area contributed by atoms with Gasteiger partial charge in [0, 0.05) is 17.7 Å². The Labute approximate surface area is 137 Å². The Morgan fingerprint density at radius 3 is 2.50 bits per heavy atom. The summed E-state index contributed by atoms with van der Waals surface area (Å²) in [7, 11) is 0. The van der Waals surface area contributed by atoms with Crippen molar-refractivity contribution in [2.45, 2.75) is 25.5 Å². The number of hydrogen-bond acceptors (Lipinski definition) is 2. The molecule has 1 N–H and O–H groups in total. The molecular weight excluding hydrogens is 319 g/mol. The maximum absolute atomic E-state index is 14.1. The van der Waals surface area contributed by atoms with E-state index in [9.17, 15) is 23.1 Å². The van der Waals surface area contributed by atoms with Gasteiger partial charge in [-0.1, -0.05) is 0 Å². The van der Waals surface area contributed by atoms with E-state index in [0.717, 1.165) is 18.2 Å². The highest BCUT2D eigenvalue weighted by molar-refractivity contribution is 5.96. The number of amides is 1. The summed E-state index contributed by atoms with van der Waals surface area (Å²) in [5.41, 5.74) is 0.742. The molecule has 126 valence electrons. The van der Waals surface area contributed by atoms with E-state index in [1.807, 2.05) is 0 Å². The van der Waals surface area contributed by atoms with Crippen molar-refractivity contribution in [3.05, 3.63) is 70.5 Å². The molecule has 1 aliphatic rings. The smallest absolute Gasteiger partial charge is 0.254 e. The lowest BCUT2D eigenvalue weighted by molar-refractivity contribution is 0.0713. The van der Waals surface area contributed by atoms with Crippen LogP contribution in [0.5, 0.6) is 0 Å². The molecule has 1 aliphatic heterocycles. The minimum Gasteiger partial charge on any atom is -0.391 e. The van der Waals surface area contributed by atoms with Gasteiger partial charge < -0.3 is 10.0 Å². The van der Waals surface area contributed by atoms with Crippen LogP contribution >= 0.6 is 0 Å². The number of carbonyl (C=O) groups excluding carboxylic acids is 1. The van der Waals surface area contributed by atoms with E-state index >= 15 is 0 Å². The summed E-state index contributed by atoms with van der Waals surface area (Å²) < 4.78 is 40.8. The van der Waals surface area contributed by atoms with Crippen LogP contribution in [0.3, 0.4) is 0 Å². The van der Waals surface area contributed by atoms with Gasteiger partial charge in [0.1, 0.15) is 17.5 Å². The minimum absolute atomic E-state index is 0.0102. The van der Waals surface area contributed by atoms with Crippen LogP contribution in [0.2, 0.25) is 0 Å². The van der Waals surface area contributed by atoms with Gasteiger partial charge in [0.15, 0.2) is 0 Å². The normalized spacial score (nSPS) is 20.5. The summed E-state index contributed by atoms with van der Waals surface area (Å²) in [5.74, 6) is -2.15. The number of likely N-dealkylation sites (tertiary alicyclic amines) is 1. The molecule has 0 radical (unpaired) electrons. The summed E-state index contributed by atoms with van der Waals surface area (Å²) in [6, 6.07) is 6.03. The highest BCUT2D eigenvalue weighted by Crippen LogP contribution is 2.35. The maximum Gasteiger partial charge on any atom is 0.254 e. The highest BCUT2D eigenvalue weighted by Gasteiger charge is 2.37. The molecule has 0 bridgehead atoms. The van der Waals surface area contributed by atoms with Crippen LogP contribution in [0, 0.1) is 24.4 Å². The first-order valence-electron chi connectivity index (χ1n) is 7.57. The topological polar surface area (TPSA) is 40.5 Å². The fourth-order valence-corrected chi connectivity index (χ4v) is 3.12. The molecule has 24 heavy (non-hydrogen) atoms. The number of aliphatic hydroxyl groups excluding tert-OH is 1. The monoisotopic (exact) mass is 335 g/mol. The molecule has 2 unspecified atom stereocenters. The van der Waals surface area contributed by atoms with Crippen LogP contribution in [-0.4, -0.2) is 28.6 Å². The first kappa shape index (κ1) is 16.5. The van der Waals surface area contributed by atoms with Crippen molar-refractivity contribution in [3.8, 4) is 0 Å². The van der Waals surface area contributed by atoms with Crippen LogP contribution in [0.4, 0.5) is 13.2 Å². The number of carbonyl (C=O) groups is 1.